The fraction of sp³-hybridized carbons (Fsp3) is 0.250. The Morgan fingerprint density at radius 3 is 1.98 bits per heavy atom. The number of hydrogen-bond donors (Lipinski definition) is 1. The number of fused-ring (bicyclic) bond motifs is 2. The van der Waals surface area contributed by atoms with Gasteiger partial charge < -0.3 is 14.5 Å². The van der Waals surface area contributed by atoms with E-state index in [0.29, 0.717) is 18.0 Å². The molecule has 5 rings (SSSR count). The van der Waals surface area contributed by atoms with Crippen molar-refractivity contribution in [3.8, 4) is 0 Å². The van der Waals surface area contributed by atoms with Crippen molar-refractivity contribution >= 4 is 45.5 Å². The average Bonchev–Trinajstić information content (AvgIpc) is 3.29. The molecule has 10 nitrogen and oxygen atoms in total. The number of benzene rings is 3. The summed E-state index contributed by atoms with van der Waals surface area (Å²) in [6, 6.07) is 28.9. The van der Waals surface area contributed by atoms with Crippen molar-refractivity contribution in [2.45, 2.75) is 18.5 Å². The number of urea groups is 1. The van der Waals surface area contributed by atoms with E-state index in [1.807, 2.05) is 18.2 Å². The molecule has 44 heavy (non-hydrogen) atoms. The second-order valence-corrected chi connectivity index (χ2v) is 14.9. The molecule has 12 heteroatoms. The van der Waals surface area contributed by atoms with E-state index in [-0.39, 0.29) is 24.6 Å². The molecule has 2 aliphatic rings. The Bertz CT molecular complexity index is 1540. The van der Waals surface area contributed by atoms with Crippen LogP contribution in [-0.2, 0) is 24.2 Å². The lowest BCUT2D eigenvalue weighted by Gasteiger charge is -2.30. The number of ether oxygens (including phenoxy) is 1. The summed E-state index contributed by atoms with van der Waals surface area (Å²) in [5.41, 5.74) is 0.198. The standard InChI is InChI=1S/C32H34N3O7PS/c1-33(31(36)29-22-25(24-41-2)34-23-30(29)35(32(34)37)42-44(38,39)40)20-12-13-21-43(26-14-6-3-7-15-26,27-16-8-4-9-17-27)28-18-10-5-11-19-28/h3-11,13-19,21-22,25,30H,12,20,23-24H2,1-2H3/p+1/b21-13+/t25-,30-/m0/s1. The smallest absolute Gasteiger partial charge is 0.382 e. The first-order valence-electron chi connectivity index (χ1n) is 14.1. The Morgan fingerprint density at radius 1 is 0.977 bits per heavy atom. The molecule has 2 atom stereocenters. The van der Waals surface area contributed by atoms with E-state index in [1.165, 1.54) is 32.8 Å². The van der Waals surface area contributed by atoms with Crippen molar-refractivity contribution in [1.82, 2.24) is 14.9 Å². The van der Waals surface area contributed by atoms with Crippen LogP contribution in [0.2, 0.25) is 0 Å². The summed E-state index contributed by atoms with van der Waals surface area (Å²) in [5, 5.41) is 4.18. The number of carbonyl (C=O) groups excluding carboxylic acids is 2. The zero-order chi connectivity index (χ0) is 31.3. The minimum Gasteiger partial charge on any atom is -0.382 e. The molecule has 2 bridgehead atoms. The molecular formula is C32H35N3O7PS+. The number of nitrogens with zero attached hydrogens (tertiary/aromatic N) is 3. The zero-order valence-corrected chi connectivity index (χ0v) is 26.2. The normalized spacial score (nSPS) is 18.5. The van der Waals surface area contributed by atoms with Gasteiger partial charge in [-0.1, -0.05) is 54.6 Å². The summed E-state index contributed by atoms with van der Waals surface area (Å²) in [4.78, 5) is 29.4. The van der Waals surface area contributed by atoms with Gasteiger partial charge in [0, 0.05) is 26.3 Å². The highest BCUT2D eigenvalue weighted by molar-refractivity contribution is 7.98. The van der Waals surface area contributed by atoms with Gasteiger partial charge in [0.2, 0.25) is 0 Å². The Kier molecular flexibility index (Phi) is 9.62. The Hall–Kier alpha value is -3.86. The highest BCUT2D eigenvalue weighted by Gasteiger charge is 2.50. The van der Waals surface area contributed by atoms with E-state index in [1.54, 1.807) is 13.1 Å². The molecule has 0 unspecified atom stereocenters. The molecule has 3 amide bonds. The largest absolute Gasteiger partial charge is 0.418 e. The van der Waals surface area contributed by atoms with E-state index in [2.05, 4.69) is 89.0 Å². The van der Waals surface area contributed by atoms with Gasteiger partial charge in [-0.2, -0.15) is 13.5 Å². The van der Waals surface area contributed by atoms with Crippen LogP contribution in [0.25, 0.3) is 0 Å². The van der Waals surface area contributed by atoms with Gasteiger partial charge in [-0.15, -0.1) is 4.28 Å². The first-order valence-corrected chi connectivity index (χ1v) is 17.3. The van der Waals surface area contributed by atoms with Crippen molar-refractivity contribution in [2.75, 3.05) is 33.9 Å². The molecule has 1 N–H and O–H groups in total. The van der Waals surface area contributed by atoms with Crippen LogP contribution in [0.3, 0.4) is 0 Å². The quantitative estimate of drug-likeness (QED) is 0.240. The lowest BCUT2D eigenvalue weighted by molar-refractivity contribution is -0.127. The molecule has 0 radical (unpaired) electrons. The average molecular weight is 637 g/mol. The number of likely N-dealkylation sites (N-methyl/N-ethyl adjacent to an activating group) is 1. The molecule has 2 heterocycles. The van der Waals surface area contributed by atoms with Crippen molar-refractivity contribution < 1.29 is 31.6 Å². The maximum absolute atomic E-state index is 13.7. The fourth-order valence-electron chi connectivity index (χ4n) is 5.73. The van der Waals surface area contributed by atoms with Crippen LogP contribution in [0.1, 0.15) is 6.42 Å². The molecule has 0 aliphatic carbocycles. The third-order valence-electron chi connectivity index (χ3n) is 7.77. The lowest BCUT2D eigenvalue weighted by atomic mass is 9.99. The van der Waals surface area contributed by atoms with Crippen molar-refractivity contribution in [3.63, 3.8) is 0 Å². The van der Waals surface area contributed by atoms with E-state index < -0.39 is 35.8 Å². The third-order valence-corrected chi connectivity index (χ3v) is 12.1. The molecule has 1 saturated heterocycles. The molecule has 230 valence electrons. The van der Waals surface area contributed by atoms with Gasteiger partial charge in [-0.3, -0.25) is 9.35 Å². The molecule has 3 aromatic rings. The number of hydrogen-bond acceptors (Lipinski definition) is 6. The predicted octanol–water partition coefficient (Wildman–Crippen LogP) is 3.14. The number of hydroxylamine groups is 2. The number of methoxy groups -OCH3 is 1. The SMILES string of the molecule is COC[C@@H]1C=C(C(=O)N(C)CC/C=C/[P+](c2ccccc2)(c2ccccc2)c2ccccc2)[C@@H]2CN1C(=O)N2OS(=O)(=O)O. The maximum Gasteiger partial charge on any atom is 0.418 e. The van der Waals surface area contributed by atoms with Crippen molar-refractivity contribution in [2.24, 2.45) is 0 Å². The number of rotatable bonds is 12. The van der Waals surface area contributed by atoms with Crippen LogP contribution in [0.15, 0.2) is 115 Å². The van der Waals surface area contributed by atoms with E-state index >= 15 is 0 Å². The molecule has 0 spiro atoms. The summed E-state index contributed by atoms with van der Waals surface area (Å²) in [6.07, 6.45) is 4.27. The predicted molar refractivity (Wildman–Crippen MR) is 171 cm³/mol. The van der Waals surface area contributed by atoms with Crippen LogP contribution in [0, 0.1) is 0 Å². The summed E-state index contributed by atoms with van der Waals surface area (Å²) in [6.45, 7) is 0.487. The highest BCUT2D eigenvalue weighted by atomic mass is 32.3. The minimum atomic E-state index is -4.99. The molecule has 1 fully saturated rings. The first-order chi connectivity index (χ1) is 21.2. The van der Waals surface area contributed by atoms with Crippen LogP contribution >= 0.6 is 7.26 Å². The molecule has 0 aromatic heterocycles. The van der Waals surface area contributed by atoms with E-state index in [9.17, 15) is 22.6 Å². The van der Waals surface area contributed by atoms with Crippen molar-refractivity contribution in [1.29, 1.82) is 0 Å². The van der Waals surface area contributed by atoms with Gasteiger partial charge in [0.05, 0.1) is 25.0 Å². The van der Waals surface area contributed by atoms with Gasteiger partial charge in [-0.05, 0) is 55.0 Å². The van der Waals surface area contributed by atoms with Crippen LogP contribution in [0.4, 0.5) is 4.79 Å². The number of amides is 3. The maximum atomic E-state index is 13.7. The number of carbonyl (C=O) groups is 2. The molecular weight excluding hydrogens is 601 g/mol. The van der Waals surface area contributed by atoms with E-state index in [4.69, 9.17) is 4.74 Å². The topological polar surface area (TPSA) is 117 Å². The van der Waals surface area contributed by atoms with Crippen LogP contribution in [-0.4, -0.2) is 85.7 Å². The summed E-state index contributed by atoms with van der Waals surface area (Å²) in [7, 11) is -4.04. The Morgan fingerprint density at radius 2 is 1.50 bits per heavy atom. The highest BCUT2D eigenvalue weighted by Crippen LogP contribution is 2.56. The zero-order valence-electron chi connectivity index (χ0n) is 24.5. The van der Waals surface area contributed by atoms with Gasteiger partial charge in [0.25, 0.3) is 5.91 Å². The van der Waals surface area contributed by atoms with Gasteiger partial charge in [-0.25, -0.2) is 4.79 Å². The molecule has 2 aliphatic heterocycles. The fourth-order valence-corrected chi connectivity index (χ4v) is 9.91. The summed E-state index contributed by atoms with van der Waals surface area (Å²) >= 11 is 0. The third kappa shape index (κ3) is 6.47. The molecule has 0 saturated carbocycles. The summed E-state index contributed by atoms with van der Waals surface area (Å²) in [5.74, 6) is 1.91. The molecule has 3 aromatic carbocycles. The summed E-state index contributed by atoms with van der Waals surface area (Å²) < 4.78 is 42.0. The Labute approximate surface area is 258 Å². The van der Waals surface area contributed by atoms with Gasteiger partial charge >= 0.3 is 16.4 Å². The monoisotopic (exact) mass is 636 g/mol. The van der Waals surface area contributed by atoms with Crippen molar-refractivity contribution in [3.05, 3.63) is 115 Å². The lowest BCUT2D eigenvalue weighted by Crippen LogP contribution is -2.44. The minimum absolute atomic E-state index is 0.0198. The second-order valence-electron chi connectivity index (χ2n) is 10.6. The second kappa shape index (κ2) is 13.4. The van der Waals surface area contributed by atoms with Gasteiger partial charge in [0.15, 0.2) is 0 Å². The van der Waals surface area contributed by atoms with Gasteiger partial charge in [0.1, 0.15) is 29.2 Å². The first kappa shape index (κ1) is 31.6. The van der Waals surface area contributed by atoms with E-state index in [0.717, 1.165) is 0 Å². The Balaban J connectivity index is 1.40. The van der Waals surface area contributed by atoms with Crippen LogP contribution < -0.4 is 15.9 Å². The van der Waals surface area contributed by atoms with Crippen LogP contribution in [0.5, 0.6) is 0 Å².